The van der Waals surface area contributed by atoms with Crippen LogP contribution in [0, 0.1) is 11.6 Å². The lowest BCUT2D eigenvalue weighted by molar-refractivity contribution is 0.129. The smallest absolute Gasteiger partial charge is 0.368 e. The average Bonchev–Trinajstić information content (AvgIpc) is 2.99. The molecule has 0 aliphatic heterocycles. The number of nitrogens with one attached hydrogen (secondary N) is 1. The minimum atomic E-state index is -0.820. The maximum Gasteiger partial charge on any atom is 0.368 e. The summed E-state index contributed by atoms with van der Waals surface area (Å²) in [5.74, 6) is -2.23. The molecule has 0 aliphatic carbocycles. The summed E-state index contributed by atoms with van der Waals surface area (Å²) in [6.07, 6.45) is 0.154. The molecule has 0 amide bonds. The lowest BCUT2D eigenvalue weighted by Gasteiger charge is -2.17. The Balaban J connectivity index is 2.09. The van der Waals surface area contributed by atoms with E-state index in [9.17, 15) is 18.7 Å². The summed E-state index contributed by atoms with van der Waals surface area (Å²) in [6, 6.07) is 2.21. The first kappa shape index (κ1) is 19.2. The van der Waals surface area contributed by atoms with Crippen molar-refractivity contribution in [3.8, 4) is 11.4 Å². The summed E-state index contributed by atoms with van der Waals surface area (Å²) >= 11 is 0. The summed E-state index contributed by atoms with van der Waals surface area (Å²) in [4.78, 5) is 19.6. The molecule has 0 radical (unpaired) electrons. The zero-order chi connectivity index (χ0) is 20.4. The van der Waals surface area contributed by atoms with Crippen LogP contribution in [0.2, 0.25) is 0 Å². The fourth-order valence-corrected chi connectivity index (χ4v) is 2.18. The van der Waals surface area contributed by atoms with E-state index in [0.29, 0.717) is 0 Å². The first-order valence-corrected chi connectivity index (χ1v) is 7.95. The molecule has 0 saturated carbocycles. The molecule has 1 atom stereocenters. The Morgan fingerprint density at radius 2 is 2.07 bits per heavy atom. The number of aliphatic hydroxyl groups excluding tert-OH is 1. The normalized spacial score (nSPS) is 12.0. The van der Waals surface area contributed by atoms with Crippen LogP contribution in [0.15, 0.2) is 23.1 Å². The zero-order valence-corrected chi connectivity index (χ0v) is 14.8. The lowest BCUT2D eigenvalue weighted by Crippen LogP contribution is -2.24. The van der Waals surface area contributed by atoms with Crippen molar-refractivity contribution in [3.63, 3.8) is 0 Å². The van der Waals surface area contributed by atoms with E-state index in [1.807, 2.05) is 0 Å². The summed E-state index contributed by atoms with van der Waals surface area (Å²) < 4.78 is 35.1. The average molecular weight is 394 g/mol. The van der Waals surface area contributed by atoms with Gasteiger partial charge in [-0.15, -0.1) is 0 Å². The van der Waals surface area contributed by atoms with Crippen LogP contribution in [0.3, 0.4) is 0 Å². The van der Waals surface area contributed by atoms with Crippen LogP contribution < -0.4 is 21.5 Å². The number of ether oxygens (including phenoxy) is 1. The quantitative estimate of drug-likeness (QED) is 0.530. The third-order valence-corrected chi connectivity index (χ3v) is 3.60. The predicted octanol–water partition coefficient (Wildman–Crippen LogP) is 0.120. The van der Waals surface area contributed by atoms with Crippen molar-refractivity contribution in [2.75, 3.05) is 17.7 Å². The van der Waals surface area contributed by atoms with Gasteiger partial charge in [-0.05, 0) is 23.4 Å². The number of halogens is 2. The first-order valence-electron chi connectivity index (χ1n) is 7.95. The number of tetrazole rings is 1. The van der Waals surface area contributed by atoms with Gasteiger partial charge in [0.15, 0.2) is 17.5 Å². The number of hydrogen-bond donors (Lipinski definition) is 3. The van der Waals surface area contributed by atoms with E-state index in [1.165, 1.54) is 13.1 Å². The van der Waals surface area contributed by atoms with E-state index >= 15 is 0 Å². The molecule has 0 aliphatic rings. The summed E-state index contributed by atoms with van der Waals surface area (Å²) in [5, 5.41) is 19.1. The Bertz CT molecular complexity index is 1070. The maximum absolute atomic E-state index is 14.6. The van der Waals surface area contributed by atoms with Gasteiger partial charge in [0.05, 0.1) is 18.5 Å². The number of nitrogens with zero attached hydrogens (tertiary/aromatic N) is 6. The van der Waals surface area contributed by atoms with Gasteiger partial charge in [-0.1, -0.05) is 0 Å². The number of nitrogen functional groups attached to an aromatic ring is 1. The first-order chi connectivity index (χ1) is 13.3. The molecule has 0 saturated heterocycles. The molecule has 3 aromatic rings. The Kier molecular flexibility index (Phi) is 5.17. The number of aromatic nitrogens is 6. The molecule has 0 bridgehead atoms. The molecule has 148 valence electrons. The molecular formula is C15H16F2N8O3. The van der Waals surface area contributed by atoms with Gasteiger partial charge >= 0.3 is 5.69 Å². The van der Waals surface area contributed by atoms with Crippen molar-refractivity contribution >= 4 is 17.5 Å². The predicted molar refractivity (Wildman–Crippen MR) is 93.4 cm³/mol. The van der Waals surface area contributed by atoms with E-state index < -0.39 is 29.2 Å². The lowest BCUT2D eigenvalue weighted by atomic mass is 10.2. The highest BCUT2D eigenvalue weighted by molar-refractivity contribution is 5.63. The number of aliphatic hydroxyl groups is 1. The fraction of sp³-hybridized carbons (Fsp3) is 0.267. The van der Waals surface area contributed by atoms with Gasteiger partial charge in [0.1, 0.15) is 17.5 Å². The number of aryl methyl sites for hydroxylation is 1. The van der Waals surface area contributed by atoms with E-state index in [2.05, 4.69) is 25.7 Å². The Hall–Kier alpha value is -3.61. The zero-order valence-electron chi connectivity index (χ0n) is 14.8. The van der Waals surface area contributed by atoms with Crippen LogP contribution in [0.1, 0.15) is 6.92 Å². The van der Waals surface area contributed by atoms with Crippen molar-refractivity contribution in [1.29, 1.82) is 0 Å². The summed E-state index contributed by atoms with van der Waals surface area (Å²) in [5.41, 5.74) is 4.67. The Labute approximate surface area is 156 Å². The number of benzene rings is 1. The third-order valence-electron chi connectivity index (χ3n) is 3.60. The Morgan fingerprint density at radius 1 is 1.32 bits per heavy atom. The molecule has 0 fully saturated rings. The van der Waals surface area contributed by atoms with E-state index in [0.717, 1.165) is 21.6 Å². The van der Waals surface area contributed by atoms with Crippen molar-refractivity contribution in [3.05, 3.63) is 40.4 Å². The molecule has 1 aromatic carbocycles. The Morgan fingerprint density at radius 3 is 2.68 bits per heavy atom. The highest BCUT2D eigenvalue weighted by Gasteiger charge is 2.19. The summed E-state index contributed by atoms with van der Waals surface area (Å²) in [6.45, 7) is 1.22. The monoisotopic (exact) mass is 394 g/mol. The third kappa shape index (κ3) is 3.73. The summed E-state index contributed by atoms with van der Waals surface area (Å²) in [7, 11) is 1.39. The molecular weight excluding hydrogens is 378 g/mol. The second-order valence-electron chi connectivity index (χ2n) is 5.76. The van der Waals surface area contributed by atoms with Crippen molar-refractivity contribution in [2.45, 2.75) is 13.0 Å². The molecule has 13 heteroatoms. The van der Waals surface area contributed by atoms with Gasteiger partial charge in [-0.2, -0.15) is 14.3 Å². The highest BCUT2D eigenvalue weighted by atomic mass is 19.1. The van der Waals surface area contributed by atoms with Crippen molar-refractivity contribution in [1.82, 2.24) is 29.8 Å². The minimum absolute atomic E-state index is 0.0493. The number of nitrogens with two attached hydrogens (primary N) is 1. The van der Waals surface area contributed by atoms with Gasteiger partial charge in [0.2, 0.25) is 5.95 Å². The minimum Gasteiger partial charge on any atom is -0.486 e. The second kappa shape index (κ2) is 7.56. The number of anilines is 3. The topological polar surface area (TPSA) is 146 Å². The molecule has 28 heavy (non-hydrogen) atoms. The van der Waals surface area contributed by atoms with E-state index in [4.69, 9.17) is 10.5 Å². The van der Waals surface area contributed by atoms with Crippen LogP contribution in [0.25, 0.3) is 5.69 Å². The molecule has 3 rings (SSSR count). The van der Waals surface area contributed by atoms with Crippen molar-refractivity contribution in [2.24, 2.45) is 7.05 Å². The van der Waals surface area contributed by atoms with Crippen LogP contribution in [-0.4, -0.2) is 47.6 Å². The maximum atomic E-state index is 14.6. The van der Waals surface area contributed by atoms with Crippen LogP contribution in [0.5, 0.6) is 5.75 Å². The highest BCUT2D eigenvalue weighted by Crippen LogP contribution is 2.30. The van der Waals surface area contributed by atoms with Crippen molar-refractivity contribution < 1.29 is 18.6 Å². The number of hydrogen-bond acceptors (Lipinski definition) is 9. The molecule has 4 N–H and O–H groups in total. The van der Waals surface area contributed by atoms with Gasteiger partial charge in [0.25, 0.3) is 0 Å². The molecule has 0 spiro atoms. The van der Waals surface area contributed by atoms with Gasteiger partial charge in [0, 0.05) is 13.1 Å². The van der Waals surface area contributed by atoms with Crippen LogP contribution in [-0.2, 0) is 7.05 Å². The van der Waals surface area contributed by atoms with Gasteiger partial charge in [-0.3, -0.25) is 0 Å². The standard InChI is InChI=1S/C15H16F2N8O3/c1-7(6-26)28-12-3-8(16)10(20-14-19-5-9(17)13(18)21-14)4-11(12)25-15(27)24(2)22-23-25/h3-5,7,26H,6H2,1-2H3,(H3,18,19,20,21). The molecule has 2 aromatic heterocycles. The van der Waals surface area contributed by atoms with Gasteiger partial charge in [-0.25, -0.2) is 18.6 Å². The van der Waals surface area contributed by atoms with Gasteiger partial charge < -0.3 is 20.9 Å². The molecule has 2 heterocycles. The largest absolute Gasteiger partial charge is 0.486 e. The SMILES string of the molecule is CC(CO)Oc1cc(F)c(Nc2ncc(F)c(N)n2)cc1-n1nnn(C)c1=O. The second-order valence-corrected chi connectivity index (χ2v) is 5.76. The van der Waals surface area contributed by atoms with Crippen LogP contribution in [0.4, 0.5) is 26.2 Å². The molecule has 1 unspecified atom stereocenters. The number of rotatable bonds is 6. The van der Waals surface area contributed by atoms with Crippen LogP contribution >= 0.6 is 0 Å². The molecule has 11 nitrogen and oxygen atoms in total. The van der Waals surface area contributed by atoms with E-state index in [1.54, 1.807) is 6.92 Å². The fourth-order valence-electron chi connectivity index (χ4n) is 2.18. The van der Waals surface area contributed by atoms with E-state index in [-0.39, 0.29) is 29.7 Å².